The van der Waals surface area contributed by atoms with Crippen LogP contribution in [0.1, 0.15) is 45.2 Å². The van der Waals surface area contributed by atoms with E-state index in [0.717, 1.165) is 17.0 Å². The Bertz CT molecular complexity index is 751. The van der Waals surface area contributed by atoms with Gasteiger partial charge in [0.2, 0.25) is 0 Å². The van der Waals surface area contributed by atoms with Crippen molar-refractivity contribution in [1.29, 1.82) is 0 Å². The molecular weight excluding hydrogens is 340 g/mol. The molecule has 0 saturated heterocycles. The van der Waals surface area contributed by atoms with Gasteiger partial charge in [0.1, 0.15) is 0 Å². The number of hydrazone groups is 1. The van der Waals surface area contributed by atoms with Gasteiger partial charge in [0.25, 0.3) is 5.91 Å². The number of hydrogen-bond acceptors (Lipinski definition) is 3. The van der Waals surface area contributed by atoms with Crippen molar-refractivity contribution in [2.75, 3.05) is 0 Å². The van der Waals surface area contributed by atoms with Gasteiger partial charge in [-0.3, -0.25) is 4.79 Å². The van der Waals surface area contributed by atoms with Crippen molar-refractivity contribution in [2.45, 2.75) is 56.6 Å². The molecule has 0 fully saturated rings. The molecule has 4 heteroatoms. The van der Waals surface area contributed by atoms with Crippen LogP contribution in [-0.2, 0) is 10.2 Å². The third kappa shape index (κ3) is 6.03. The Kier molecular flexibility index (Phi) is 7.04. The van der Waals surface area contributed by atoms with E-state index in [2.05, 4.69) is 67.7 Å². The predicted molar refractivity (Wildman–Crippen MR) is 112 cm³/mol. The van der Waals surface area contributed by atoms with Crippen LogP contribution >= 0.6 is 11.8 Å². The molecule has 1 atom stereocenters. The van der Waals surface area contributed by atoms with Crippen LogP contribution in [0.5, 0.6) is 0 Å². The van der Waals surface area contributed by atoms with Gasteiger partial charge in [0.15, 0.2) is 0 Å². The lowest BCUT2D eigenvalue weighted by molar-refractivity contribution is -0.120. The van der Waals surface area contributed by atoms with E-state index in [-0.39, 0.29) is 16.6 Å². The number of thioether (sulfide) groups is 1. The van der Waals surface area contributed by atoms with Gasteiger partial charge in [-0.1, -0.05) is 61.9 Å². The number of hydrogen-bond donors (Lipinski definition) is 1. The first-order valence-corrected chi connectivity index (χ1v) is 9.78. The first-order valence-electron chi connectivity index (χ1n) is 8.90. The highest BCUT2D eigenvalue weighted by atomic mass is 32.2. The van der Waals surface area contributed by atoms with Gasteiger partial charge in [-0.15, -0.1) is 11.8 Å². The average Bonchev–Trinajstić information content (AvgIpc) is 2.62. The molecule has 3 nitrogen and oxygen atoms in total. The van der Waals surface area contributed by atoms with E-state index in [1.807, 2.05) is 32.0 Å². The summed E-state index contributed by atoms with van der Waals surface area (Å²) in [5.41, 5.74) is 6.09. The third-order valence-electron chi connectivity index (χ3n) is 4.31. The number of amides is 1. The molecule has 2 aromatic rings. The van der Waals surface area contributed by atoms with E-state index in [9.17, 15) is 4.79 Å². The molecule has 2 rings (SSSR count). The van der Waals surface area contributed by atoms with E-state index in [1.54, 1.807) is 11.8 Å². The fourth-order valence-electron chi connectivity index (χ4n) is 2.79. The van der Waals surface area contributed by atoms with Crippen LogP contribution in [0.3, 0.4) is 0 Å². The molecule has 2 aromatic carbocycles. The lowest BCUT2D eigenvalue weighted by Crippen LogP contribution is -2.29. The largest absolute Gasteiger partial charge is 0.272 e. The van der Waals surface area contributed by atoms with Crippen LogP contribution in [0.15, 0.2) is 64.6 Å². The molecule has 0 aromatic heterocycles. The minimum absolute atomic E-state index is 0.0260. The molecule has 0 aliphatic heterocycles. The van der Waals surface area contributed by atoms with Crippen LogP contribution < -0.4 is 5.43 Å². The van der Waals surface area contributed by atoms with E-state index in [4.69, 9.17) is 0 Å². The average molecular weight is 369 g/mol. The monoisotopic (exact) mass is 368 g/mol. The van der Waals surface area contributed by atoms with Crippen molar-refractivity contribution < 1.29 is 4.79 Å². The number of nitrogens with one attached hydrogen (secondary N) is 1. The van der Waals surface area contributed by atoms with Crippen molar-refractivity contribution in [3.63, 3.8) is 0 Å². The van der Waals surface area contributed by atoms with E-state index in [1.165, 1.54) is 11.1 Å². The van der Waals surface area contributed by atoms with Gasteiger partial charge in [0, 0.05) is 10.6 Å². The second kappa shape index (κ2) is 9.04. The summed E-state index contributed by atoms with van der Waals surface area (Å²) in [6, 6.07) is 18.6. The van der Waals surface area contributed by atoms with Crippen molar-refractivity contribution in [3.8, 4) is 0 Å². The quantitative estimate of drug-likeness (QED) is 0.407. The van der Waals surface area contributed by atoms with Gasteiger partial charge in [-0.05, 0) is 50.3 Å². The smallest absolute Gasteiger partial charge is 0.253 e. The summed E-state index contributed by atoms with van der Waals surface area (Å²) >= 11 is 1.54. The molecular formula is C22H28N2OS. The summed E-state index contributed by atoms with van der Waals surface area (Å²) in [5.74, 6) is -0.0764. The summed E-state index contributed by atoms with van der Waals surface area (Å²) in [4.78, 5) is 13.4. The van der Waals surface area contributed by atoms with Crippen LogP contribution in [0.25, 0.3) is 0 Å². The third-order valence-corrected chi connectivity index (χ3v) is 5.43. The zero-order valence-electron chi connectivity index (χ0n) is 16.2. The molecule has 0 radical (unpaired) electrons. The van der Waals surface area contributed by atoms with Gasteiger partial charge in [0.05, 0.1) is 5.25 Å². The summed E-state index contributed by atoms with van der Waals surface area (Å²) in [7, 11) is 0. The number of carbonyl (C=O) groups is 1. The molecule has 1 amide bonds. The van der Waals surface area contributed by atoms with Crippen molar-refractivity contribution in [2.24, 2.45) is 5.10 Å². The second-order valence-electron chi connectivity index (χ2n) is 7.32. The Hall–Kier alpha value is -2.07. The van der Waals surface area contributed by atoms with Crippen LogP contribution in [-0.4, -0.2) is 16.9 Å². The van der Waals surface area contributed by atoms with Gasteiger partial charge >= 0.3 is 0 Å². The minimum atomic E-state index is -0.198. The van der Waals surface area contributed by atoms with E-state index >= 15 is 0 Å². The lowest BCUT2D eigenvalue weighted by atomic mass is 9.80. The Balaban J connectivity index is 1.90. The van der Waals surface area contributed by atoms with Gasteiger partial charge in [-0.25, -0.2) is 5.43 Å². The lowest BCUT2D eigenvalue weighted by Gasteiger charge is -2.25. The number of aryl methyl sites for hydroxylation is 1. The highest BCUT2D eigenvalue weighted by molar-refractivity contribution is 8.00. The predicted octanol–water partition coefficient (Wildman–Crippen LogP) is 5.34. The zero-order chi connectivity index (χ0) is 19.2. The molecule has 0 unspecified atom stereocenters. The van der Waals surface area contributed by atoms with Crippen LogP contribution in [0.2, 0.25) is 0 Å². The Morgan fingerprint density at radius 3 is 2.35 bits per heavy atom. The minimum Gasteiger partial charge on any atom is -0.272 e. The second-order valence-corrected chi connectivity index (χ2v) is 8.74. The number of carbonyl (C=O) groups excluding carboxylic acids is 1. The standard InChI is InChI=1S/C22H28N2OS/c1-16-11-13-20(14-12-16)26-18(3)21(25)24-23-17(2)15-22(4,5)19-9-7-6-8-10-19/h6-14,18H,15H2,1-5H3,(H,24,25)/b23-17-/t18-/m1/s1. The van der Waals surface area contributed by atoms with Gasteiger partial charge in [-0.2, -0.15) is 5.10 Å². The maximum Gasteiger partial charge on any atom is 0.253 e. The fourth-order valence-corrected chi connectivity index (χ4v) is 3.65. The number of nitrogens with zero attached hydrogens (tertiary/aromatic N) is 1. The Labute approximate surface area is 161 Å². The first-order chi connectivity index (χ1) is 12.3. The number of benzene rings is 2. The highest BCUT2D eigenvalue weighted by Gasteiger charge is 2.21. The SMILES string of the molecule is C/C(CC(C)(C)c1ccccc1)=N/NC(=O)[C@@H](C)Sc1ccc(C)cc1. The molecule has 0 spiro atoms. The Morgan fingerprint density at radius 1 is 1.12 bits per heavy atom. The van der Waals surface area contributed by atoms with Gasteiger partial charge < -0.3 is 0 Å². The Morgan fingerprint density at radius 2 is 1.73 bits per heavy atom. The molecule has 0 aliphatic carbocycles. The van der Waals surface area contributed by atoms with E-state index < -0.39 is 0 Å². The maximum absolute atomic E-state index is 12.3. The summed E-state index contributed by atoms with van der Waals surface area (Å²) in [6.45, 7) is 10.3. The summed E-state index contributed by atoms with van der Waals surface area (Å²) < 4.78 is 0. The molecule has 26 heavy (non-hydrogen) atoms. The summed E-state index contributed by atoms with van der Waals surface area (Å²) in [5, 5.41) is 4.12. The molecule has 0 aliphatic rings. The highest BCUT2D eigenvalue weighted by Crippen LogP contribution is 2.27. The fraction of sp³-hybridized carbons (Fsp3) is 0.364. The topological polar surface area (TPSA) is 41.5 Å². The summed E-state index contributed by atoms with van der Waals surface area (Å²) in [6.07, 6.45) is 0.788. The molecule has 0 bridgehead atoms. The molecule has 0 saturated carbocycles. The van der Waals surface area contributed by atoms with Crippen LogP contribution in [0.4, 0.5) is 0 Å². The van der Waals surface area contributed by atoms with Crippen molar-refractivity contribution >= 4 is 23.4 Å². The molecule has 138 valence electrons. The van der Waals surface area contributed by atoms with Crippen molar-refractivity contribution in [3.05, 3.63) is 65.7 Å². The zero-order valence-corrected chi connectivity index (χ0v) is 17.1. The molecule has 0 heterocycles. The maximum atomic E-state index is 12.3. The van der Waals surface area contributed by atoms with Crippen molar-refractivity contribution in [1.82, 2.24) is 5.43 Å². The first kappa shape index (κ1) is 20.2. The normalized spacial score (nSPS) is 13.3. The van der Waals surface area contributed by atoms with Crippen LogP contribution in [0, 0.1) is 6.92 Å². The molecule has 1 N–H and O–H groups in total. The number of rotatable bonds is 7. The van der Waals surface area contributed by atoms with E-state index in [0.29, 0.717) is 0 Å².